The number of hydrogen-bond donors (Lipinski definition) is 0. The van der Waals surface area contributed by atoms with E-state index in [1.807, 2.05) is 26.1 Å². The minimum Gasteiger partial charge on any atom is -0.297 e. The highest BCUT2D eigenvalue weighted by atomic mass is 14.7. The number of rotatable bonds is 5. The summed E-state index contributed by atoms with van der Waals surface area (Å²) in [6.45, 7) is 12.9. The molecule has 0 heterocycles. The lowest BCUT2D eigenvalue weighted by molar-refractivity contribution is 0.608. The quantitative estimate of drug-likeness (QED) is 0.439. The van der Waals surface area contributed by atoms with Crippen LogP contribution in [0.5, 0.6) is 0 Å². The van der Waals surface area contributed by atoms with E-state index >= 15 is 0 Å². The first-order valence-electron chi connectivity index (χ1n) is 4.90. The molecule has 0 saturated carbocycles. The minimum absolute atomic E-state index is 0.653. The second-order valence-corrected chi connectivity index (χ2v) is 2.59. The maximum absolute atomic E-state index is 4.24. The van der Waals surface area contributed by atoms with Gasteiger partial charge >= 0.3 is 0 Å². The molecular formula is C11H23N. The van der Waals surface area contributed by atoms with Crippen LogP contribution in [-0.4, -0.2) is 12.8 Å². The molecule has 1 heteroatoms. The zero-order chi connectivity index (χ0) is 9.82. The highest BCUT2D eigenvalue weighted by Crippen LogP contribution is 2.01. The van der Waals surface area contributed by atoms with Crippen LogP contribution in [0, 0.1) is 5.92 Å². The van der Waals surface area contributed by atoms with Crippen LogP contribution in [0.15, 0.2) is 17.6 Å². The van der Waals surface area contributed by atoms with Crippen molar-refractivity contribution >= 4 is 6.21 Å². The van der Waals surface area contributed by atoms with Crippen molar-refractivity contribution in [3.63, 3.8) is 0 Å². The van der Waals surface area contributed by atoms with Crippen LogP contribution in [0.2, 0.25) is 0 Å². The van der Waals surface area contributed by atoms with Crippen molar-refractivity contribution in [2.75, 3.05) is 6.54 Å². The SMILES string of the molecule is C=CCC(C)CN=CCC.CC. The van der Waals surface area contributed by atoms with Crippen LogP contribution in [-0.2, 0) is 0 Å². The minimum atomic E-state index is 0.653. The Balaban J connectivity index is 0. The zero-order valence-corrected chi connectivity index (χ0v) is 9.01. The number of nitrogens with zero attached hydrogens (tertiary/aromatic N) is 1. The first kappa shape index (κ1) is 14.0. The second-order valence-electron chi connectivity index (χ2n) is 2.59. The van der Waals surface area contributed by atoms with Gasteiger partial charge in [-0.1, -0.05) is 33.8 Å². The average molecular weight is 169 g/mol. The van der Waals surface area contributed by atoms with Crippen LogP contribution in [0.1, 0.15) is 40.5 Å². The van der Waals surface area contributed by atoms with Gasteiger partial charge in [-0.3, -0.25) is 4.99 Å². The summed E-state index contributed by atoms with van der Waals surface area (Å²) in [4.78, 5) is 4.24. The predicted octanol–water partition coefficient (Wildman–Crippen LogP) is 3.71. The molecule has 0 aromatic rings. The Morgan fingerprint density at radius 1 is 1.42 bits per heavy atom. The van der Waals surface area contributed by atoms with Crippen molar-refractivity contribution in [2.24, 2.45) is 10.9 Å². The Morgan fingerprint density at radius 3 is 2.42 bits per heavy atom. The molecule has 0 aliphatic heterocycles. The normalized spacial score (nSPS) is 12.0. The molecule has 1 atom stereocenters. The van der Waals surface area contributed by atoms with E-state index in [2.05, 4.69) is 25.4 Å². The molecule has 0 aromatic heterocycles. The summed E-state index contributed by atoms with van der Waals surface area (Å²) >= 11 is 0. The van der Waals surface area contributed by atoms with Gasteiger partial charge in [-0.2, -0.15) is 0 Å². The van der Waals surface area contributed by atoms with Gasteiger partial charge in [0.25, 0.3) is 0 Å². The van der Waals surface area contributed by atoms with Gasteiger partial charge in [0.15, 0.2) is 0 Å². The third kappa shape index (κ3) is 12.1. The summed E-state index contributed by atoms with van der Waals surface area (Å²) in [7, 11) is 0. The van der Waals surface area contributed by atoms with Crippen LogP contribution in [0.3, 0.4) is 0 Å². The van der Waals surface area contributed by atoms with Gasteiger partial charge in [-0.05, 0) is 25.0 Å². The fraction of sp³-hybridized carbons (Fsp3) is 0.727. The van der Waals surface area contributed by atoms with Crippen molar-refractivity contribution < 1.29 is 0 Å². The van der Waals surface area contributed by atoms with Gasteiger partial charge in [0, 0.05) is 6.54 Å². The maximum atomic E-state index is 4.24. The fourth-order valence-corrected chi connectivity index (χ4v) is 0.743. The molecule has 1 nitrogen and oxygen atoms in total. The van der Waals surface area contributed by atoms with E-state index in [1.165, 1.54) is 0 Å². The smallest absolute Gasteiger partial charge is 0.0413 e. The molecule has 0 saturated heterocycles. The molecule has 72 valence electrons. The first-order valence-corrected chi connectivity index (χ1v) is 4.90. The Morgan fingerprint density at radius 2 is 2.00 bits per heavy atom. The third-order valence-corrected chi connectivity index (χ3v) is 1.30. The van der Waals surface area contributed by atoms with Crippen molar-refractivity contribution in [3.05, 3.63) is 12.7 Å². The van der Waals surface area contributed by atoms with Crippen molar-refractivity contribution in [1.82, 2.24) is 0 Å². The summed E-state index contributed by atoms with van der Waals surface area (Å²) in [6, 6.07) is 0. The summed E-state index contributed by atoms with van der Waals surface area (Å²) in [6.07, 6.45) is 6.04. The van der Waals surface area contributed by atoms with Crippen molar-refractivity contribution in [3.8, 4) is 0 Å². The molecule has 0 aliphatic carbocycles. The molecule has 0 amide bonds. The molecular weight excluding hydrogens is 146 g/mol. The summed E-state index contributed by atoms with van der Waals surface area (Å²) in [5.41, 5.74) is 0. The van der Waals surface area contributed by atoms with Crippen LogP contribution in [0.25, 0.3) is 0 Å². The molecule has 0 fully saturated rings. The third-order valence-electron chi connectivity index (χ3n) is 1.30. The van der Waals surface area contributed by atoms with Crippen LogP contribution >= 0.6 is 0 Å². The molecule has 0 spiro atoms. The highest BCUT2D eigenvalue weighted by Gasteiger charge is 1.94. The van der Waals surface area contributed by atoms with Gasteiger partial charge < -0.3 is 0 Å². The standard InChI is InChI=1S/C9H17N.C2H6/c1-4-6-9(3)8-10-7-5-2;1-2/h4,7,9H,1,5-6,8H2,2-3H3;1-2H3. The molecule has 0 aliphatic rings. The lowest BCUT2D eigenvalue weighted by atomic mass is 10.1. The maximum Gasteiger partial charge on any atom is 0.0413 e. The number of hydrogen-bond acceptors (Lipinski definition) is 1. The molecule has 0 N–H and O–H groups in total. The Hall–Kier alpha value is -0.590. The molecule has 1 unspecified atom stereocenters. The van der Waals surface area contributed by atoms with E-state index in [9.17, 15) is 0 Å². The number of allylic oxidation sites excluding steroid dienone is 1. The summed E-state index contributed by atoms with van der Waals surface area (Å²) in [5, 5.41) is 0. The lowest BCUT2D eigenvalue weighted by Gasteiger charge is -2.01. The van der Waals surface area contributed by atoms with Gasteiger partial charge in [-0.25, -0.2) is 0 Å². The van der Waals surface area contributed by atoms with Crippen LogP contribution < -0.4 is 0 Å². The van der Waals surface area contributed by atoms with E-state index in [0.717, 1.165) is 19.4 Å². The van der Waals surface area contributed by atoms with Crippen molar-refractivity contribution in [2.45, 2.75) is 40.5 Å². The largest absolute Gasteiger partial charge is 0.297 e. The van der Waals surface area contributed by atoms with E-state index in [0.29, 0.717) is 5.92 Å². The molecule has 0 rings (SSSR count). The first-order chi connectivity index (χ1) is 5.81. The van der Waals surface area contributed by atoms with Gasteiger partial charge in [0.1, 0.15) is 0 Å². The lowest BCUT2D eigenvalue weighted by Crippen LogP contribution is -1.96. The molecule has 0 radical (unpaired) electrons. The Kier molecular flexibility index (Phi) is 15.2. The Bertz CT molecular complexity index is 106. The summed E-state index contributed by atoms with van der Waals surface area (Å²) in [5.74, 6) is 0.653. The zero-order valence-electron chi connectivity index (χ0n) is 9.01. The second kappa shape index (κ2) is 13.0. The van der Waals surface area contributed by atoms with Gasteiger partial charge in [-0.15, -0.1) is 6.58 Å². The van der Waals surface area contributed by atoms with Gasteiger partial charge in [0.2, 0.25) is 0 Å². The van der Waals surface area contributed by atoms with Crippen LogP contribution in [0.4, 0.5) is 0 Å². The monoisotopic (exact) mass is 169 g/mol. The topological polar surface area (TPSA) is 12.4 Å². The molecule has 0 bridgehead atoms. The van der Waals surface area contributed by atoms with E-state index in [-0.39, 0.29) is 0 Å². The van der Waals surface area contributed by atoms with Gasteiger partial charge in [0.05, 0.1) is 0 Å². The van der Waals surface area contributed by atoms with E-state index in [1.54, 1.807) is 0 Å². The summed E-state index contributed by atoms with van der Waals surface area (Å²) < 4.78 is 0. The van der Waals surface area contributed by atoms with E-state index < -0.39 is 0 Å². The Labute approximate surface area is 77.6 Å². The highest BCUT2D eigenvalue weighted by molar-refractivity contribution is 5.56. The average Bonchev–Trinajstić information content (AvgIpc) is 2.09. The predicted molar refractivity (Wildman–Crippen MR) is 59.0 cm³/mol. The fourth-order valence-electron chi connectivity index (χ4n) is 0.743. The van der Waals surface area contributed by atoms with E-state index in [4.69, 9.17) is 0 Å². The molecule has 0 aromatic carbocycles. The molecule has 12 heavy (non-hydrogen) atoms. The number of aliphatic imine (C=N–C) groups is 1. The van der Waals surface area contributed by atoms with Crippen molar-refractivity contribution in [1.29, 1.82) is 0 Å².